The predicted molar refractivity (Wildman–Crippen MR) is 136 cm³/mol. The first-order valence-corrected chi connectivity index (χ1v) is 13.5. The molecule has 0 bridgehead atoms. The topological polar surface area (TPSA) is 152 Å². The molecule has 0 spiro atoms. The lowest BCUT2D eigenvalue weighted by Gasteiger charge is -2.21. The van der Waals surface area contributed by atoms with E-state index in [-0.39, 0.29) is 36.4 Å². The Balaban J connectivity index is 1.80. The van der Waals surface area contributed by atoms with Crippen LogP contribution >= 0.6 is 0 Å². The predicted octanol–water partition coefficient (Wildman–Crippen LogP) is 3.93. The number of nitrogens with zero attached hydrogens (tertiary/aromatic N) is 2. The zero-order valence-electron chi connectivity index (χ0n) is 19.5. The third-order valence-corrected chi connectivity index (χ3v) is 8.42. The lowest BCUT2D eigenvalue weighted by Crippen LogP contribution is -2.36. The fourth-order valence-electron chi connectivity index (χ4n) is 3.55. The summed E-state index contributed by atoms with van der Waals surface area (Å²) < 4.78 is 65.2. The molecular formula is C24H21N3O8S2. The van der Waals surface area contributed by atoms with Crippen LogP contribution in [-0.2, 0) is 20.0 Å². The monoisotopic (exact) mass is 543 g/mol. The molecule has 0 aliphatic rings. The minimum atomic E-state index is -4.58. The normalized spacial score (nSPS) is 11.6. The molecule has 2 N–H and O–H groups in total. The summed E-state index contributed by atoms with van der Waals surface area (Å²) in [7, 11) is -5.80. The van der Waals surface area contributed by atoms with Crippen LogP contribution < -0.4 is 18.5 Å². The number of nitrogens with one attached hydrogen (secondary N) is 1. The minimum absolute atomic E-state index is 0.0579. The fraction of sp³-hybridized carbons (Fsp3) is 0.0833. The van der Waals surface area contributed by atoms with Gasteiger partial charge in [0.15, 0.2) is 0 Å². The van der Waals surface area contributed by atoms with Gasteiger partial charge in [0, 0.05) is 10.8 Å². The fourth-order valence-corrected chi connectivity index (χ4v) is 5.88. The zero-order chi connectivity index (χ0) is 26.8. The molecule has 0 atom stereocenters. The summed E-state index contributed by atoms with van der Waals surface area (Å²) in [6.45, 7) is 0. The van der Waals surface area contributed by atoms with Crippen LogP contribution in [0.1, 0.15) is 0 Å². The zero-order valence-corrected chi connectivity index (χ0v) is 21.2. The first kappa shape index (κ1) is 25.7. The Kier molecular flexibility index (Phi) is 6.92. The van der Waals surface area contributed by atoms with Crippen LogP contribution in [0, 0.1) is 0 Å². The quantitative estimate of drug-likeness (QED) is 0.337. The molecule has 0 radical (unpaired) electrons. The SMILES string of the molecule is COc1ccc(S(=O)(=O)Nc2ncc(N(C(=O)O)S(=O)(=O)c3ccc(OC)cc3)c3ccccc23)cc1. The number of amides is 1. The summed E-state index contributed by atoms with van der Waals surface area (Å²) in [5, 5.41) is 10.2. The van der Waals surface area contributed by atoms with E-state index in [9.17, 15) is 26.7 Å². The maximum Gasteiger partial charge on any atom is 0.426 e. The first-order valence-electron chi connectivity index (χ1n) is 10.6. The van der Waals surface area contributed by atoms with E-state index in [2.05, 4.69) is 9.71 Å². The molecular weight excluding hydrogens is 522 g/mol. The number of hydrogen-bond acceptors (Lipinski definition) is 8. The largest absolute Gasteiger partial charge is 0.497 e. The third-order valence-electron chi connectivity index (χ3n) is 5.37. The lowest BCUT2D eigenvalue weighted by atomic mass is 10.1. The van der Waals surface area contributed by atoms with Crippen LogP contribution in [0.15, 0.2) is 88.8 Å². The van der Waals surface area contributed by atoms with E-state index >= 15 is 0 Å². The molecule has 192 valence electrons. The first-order chi connectivity index (χ1) is 17.6. The van der Waals surface area contributed by atoms with Crippen molar-refractivity contribution in [1.29, 1.82) is 0 Å². The molecule has 0 unspecified atom stereocenters. The van der Waals surface area contributed by atoms with Crippen molar-refractivity contribution in [2.24, 2.45) is 0 Å². The van der Waals surface area contributed by atoms with Gasteiger partial charge in [-0.15, -0.1) is 0 Å². The molecule has 37 heavy (non-hydrogen) atoms. The number of rotatable bonds is 8. The van der Waals surface area contributed by atoms with Gasteiger partial charge in [-0.3, -0.25) is 4.72 Å². The van der Waals surface area contributed by atoms with Crippen molar-refractivity contribution in [3.05, 3.63) is 79.0 Å². The molecule has 13 heteroatoms. The van der Waals surface area contributed by atoms with E-state index in [4.69, 9.17) is 9.47 Å². The van der Waals surface area contributed by atoms with E-state index < -0.39 is 26.1 Å². The highest BCUT2D eigenvalue weighted by atomic mass is 32.2. The van der Waals surface area contributed by atoms with Crippen molar-refractivity contribution in [2.45, 2.75) is 9.79 Å². The standard InChI is InChI=1S/C24H21N3O8S2/c1-34-16-7-11-18(12-8-16)36(30,31)26-23-21-6-4-3-5-20(21)22(15-25-23)27(24(28)29)37(32,33)19-13-9-17(35-2)10-14-19/h3-15H,1-2H3,(H,25,26)(H,28,29). The molecule has 4 rings (SSSR count). The molecule has 0 aliphatic carbocycles. The Bertz CT molecular complexity index is 1670. The molecule has 0 fully saturated rings. The van der Waals surface area contributed by atoms with E-state index in [0.29, 0.717) is 11.5 Å². The average molecular weight is 544 g/mol. The van der Waals surface area contributed by atoms with Crippen LogP contribution in [0.5, 0.6) is 11.5 Å². The number of fused-ring (bicyclic) bond motifs is 1. The number of pyridine rings is 1. The van der Waals surface area contributed by atoms with E-state index in [1.165, 1.54) is 74.9 Å². The number of benzene rings is 3. The summed E-state index contributed by atoms with van der Waals surface area (Å²) >= 11 is 0. The van der Waals surface area contributed by atoms with E-state index in [1.54, 1.807) is 12.1 Å². The maximum absolute atomic E-state index is 13.3. The second kappa shape index (κ2) is 9.95. The van der Waals surface area contributed by atoms with Crippen molar-refractivity contribution in [3.8, 4) is 11.5 Å². The van der Waals surface area contributed by atoms with Gasteiger partial charge in [-0.2, -0.15) is 4.31 Å². The van der Waals surface area contributed by atoms with Gasteiger partial charge in [0.1, 0.15) is 17.3 Å². The minimum Gasteiger partial charge on any atom is -0.497 e. The Morgan fingerprint density at radius 1 is 0.811 bits per heavy atom. The van der Waals surface area contributed by atoms with E-state index in [1.807, 2.05) is 0 Å². The number of sulfonamides is 2. The number of carbonyl (C=O) groups is 1. The van der Waals surface area contributed by atoms with Crippen LogP contribution in [0.4, 0.5) is 16.3 Å². The Labute approximate surface area is 213 Å². The summed E-state index contributed by atoms with van der Waals surface area (Å²) in [5.41, 5.74) is -0.272. The van der Waals surface area contributed by atoms with Gasteiger partial charge in [-0.1, -0.05) is 24.3 Å². The third kappa shape index (κ3) is 4.99. The molecule has 3 aromatic carbocycles. The Morgan fingerprint density at radius 2 is 1.32 bits per heavy atom. The van der Waals surface area contributed by atoms with Crippen molar-refractivity contribution < 1.29 is 36.2 Å². The lowest BCUT2D eigenvalue weighted by molar-refractivity contribution is 0.206. The van der Waals surface area contributed by atoms with Crippen molar-refractivity contribution in [2.75, 3.05) is 23.2 Å². The van der Waals surface area contributed by atoms with Crippen LogP contribution in [0.25, 0.3) is 10.8 Å². The Morgan fingerprint density at radius 3 is 1.84 bits per heavy atom. The average Bonchev–Trinajstić information content (AvgIpc) is 2.89. The molecule has 4 aromatic rings. The van der Waals surface area contributed by atoms with Gasteiger partial charge in [-0.25, -0.2) is 26.6 Å². The highest BCUT2D eigenvalue weighted by Gasteiger charge is 2.33. The number of ether oxygens (including phenoxy) is 2. The van der Waals surface area contributed by atoms with Gasteiger partial charge in [0.05, 0.1) is 35.9 Å². The van der Waals surface area contributed by atoms with Gasteiger partial charge in [0.2, 0.25) is 0 Å². The number of methoxy groups -OCH3 is 2. The van der Waals surface area contributed by atoms with Gasteiger partial charge in [-0.05, 0) is 48.5 Å². The molecule has 1 amide bonds. The number of anilines is 2. The van der Waals surface area contributed by atoms with Gasteiger partial charge in [0.25, 0.3) is 20.0 Å². The molecule has 1 heterocycles. The van der Waals surface area contributed by atoms with Crippen LogP contribution in [-0.4, -0.2) is 47.2 Å². The highest BCUT2D eigenvalue weighted by Crippen LogP contribution is 2.35. The molecule has 0 saturated heterocycles. The van der Waals surface area contributed by atoms with Gasteiger partial charge >= 0.3 is 6.09 Å². The van der Waals surface area contributed by atoms with Crippen LogP contribution in [0.2, 0.25) is 0 Å². The summed E-state index contributed by atoms with van der Waals surface area (Å²) in [5.74, 6) is 0.752. The number of aromatic nitrogens is 1. The van der Waals surface area contributed by atoms with Crippen molar-refractivity contribution in [1.82, 2.24) is 4.98 Å². The van der Waals surface area contributed by atoms with Crippen molar-refractivity contribution >= 4 is 48.4 Å². The highest BCUT2D eigenvalue weighted by molar-refractivity contribution is 7.93. The van der Waals surface area contributed by atoms with Crippen LogP contribution in [0.3, 0.4) is 0 Å². The Hall–Kier alpha value is -4.36. The van der Waals surface area contributed by atoms with Gasteiger partial charge < -0.3 is 14.6 Å². The smallest absolute Gasteiger partial charge is 0.426 e. The van der Waals surface area contributed by atoms with Crippen molar-refractivity contribution in [3.63, 3.8) is 0 Å². The van der Waals surface area contributed by atoms with E-state index in [0.717, 1.165) is 6.20 Å². The summed E-state index contributed by atoms with van der Waals surface area (Å²) in [6, 6.07) is 17.0. The molecule has 11 nitrogen and oxygen atoms in total. The second-order valence-corrected chi connectivity index (χ2v) is 11.0. The maximum atomic E-state index is 13.3. The number of carboxylic acid groups (broad SMARTS) is 1. The second-order valence-electron chi connectivity index (χ2n) is 7.55. The molecule has 0 saturated carbocycles. The molecule has 0 aliphatic heterocycles. The summed E-state index contributed by atoms with van der Waals surface area (Å²) in [6.07, 6.45) is -0.780. The summed E-state index contributed by atoms with van der Waals surface area (Å²) in [4.78, 5) is 15.9. The number of hydrogen-bond donors (Lipinski definition) is 2. The molecule has 1 aromatic heterocycles.